The number of nitrogens with one attached hydrogen (secondary N) is 1. The van der Waals surface area contributed by atoms with Gasteiger partial charge in [0.15, 0.2) is 5.84 Å². The van der Waals surface area contributed by atoms with Crippen LogP contribution in [0.25, 0.3) is 0 Å². The molecule has 1 aromatic carbocycles. The maximum absolute atomic E-state index is 8.76. The molecule has 0 aromatic heterocycles. The van der Waals surface area contributed by atoms with Crippen molar-refractivity contribution in [2.45, 2.75) is 32.9 Å². The molecular weight excluding hydrogens is 286 g/mol. The van der Waals surface area contributed by atoms with E-state index >= 15 is 0 Å². The van der Waals surface area contributed by atoms with Gasteiger partial charge in [-0.15, -0.1) is 0 Å². The zero-order chi connectivity index (χ0) is 15.7. The third-order valence-corrected chi connectivity index (χ3v) is 4.16. The zero-order valence-corrected chi connectivity index (χ0v) is 13.7. The third-order valence-electron chi connectivity index (χ3n) is 3.22. The summed E-state index contributed by atoms with van der Waals surface area (Å²) in [5.41, 5.74) is 7.31. The van der Waals surface area contributed by atoms with E-state index in [4.69, 9.17) is 15.7 Å². The summed E-state index contributed by atoms with van der Waals surface area (Å²) in [5.74, 6) is 3.22. The van der Waals surface area contributed by atoms with Gasteiger partial charge in [-0.05, 0) is 43.0 Å². The van der Waals surface area contributed by atoms with Gasteiger partial charge in [-0.2, -0.15) is 11.8 Å². The largest absolute Gasteiger partial charge is 0.496 e. The topological polar surface area (TPSA) is 79.9 Å². The van der Waals surface area contributed by atoms with E-state index in [9.17, 15) is 0 Å². The van der Waals surface area contributed by atoms with Gasteiger partial charge in [0.1, 0.15) is 5.75 Å². The highest BCUT2D eigenvalue weighted by Gasteiger charge is 2.09. The van der Waals surface area contributed by atoms with Crippen LogP contribution in [0.15, 0.2) is 23.4 Å². The fraction of sp³-hybridized carbons (Fsp3) is 0.533. The number of hydrogen-bond acceptors (Lipinski definition) is 5. The van der Waals surface area contributed by atoms with Crippen LogP contribution in [0.2, 0.25) is 0 Å². The van der Waals surface area contributed by atoms with Crippen molar-refractivity contribution in [1.29, 1.82) is 0 Å². The normalized spacial score (nSPS) is 13.2. The first kappa shape index (κ1) is 17.7. The maximum Gasteiger partial charge on any atom is 0.170 e. The summed E-state index contributed by atoms with van der Waals surface area (Å²) in [5, 5.41) is 15.3. The Labute approximate surface area is 130 Å². The number of ether oxygens (including phenoxy) is 1. The molecular formula is C15H25N3O2S. The molecule has 0 bridgehead atoms. The van der Waals surface area contributed by atoms with Crippen LogP contribution in [-0.2, 0) is 6.54 Å². The Morgan fingerprint density at radius 2 is 2.29 bits per heavy atom. The molecule has 6 heteroatoms. The van der Waals surface area contributed by atoms with Crippen LogP contribution >= 0.6 is 11.8 Å². The minimum atomic E-state index is 0.103. The number of benzene rings is 1. The summed E-state index contributed by atoms with van der Waals surface area (Å²) in [7, 11) is 1.64. The molecule has 0 heterocycles. The lowest BCUT2D eigenvalue weighted by Gasteiger charge is -2.16. The Morgan fingerprint density at radius 1 is 1.52 bits per heavy atom. The molecule has 1 unspecified atom stereocenters. The monoisotopic (exact) mass is 311 g/mol. The van der Waals surface area contributed by atoms with E-state index in [0.29, 0.717) is 18.2 Å². The molecule has 1 atom stereocenters. The van der Waals surface area contributed by atoms with E-state index in [2.05, 4.69) is 24.3 Å². The van der Waals surface area contributed by atoms with Gasteiger partial charge in [-0.1, -0.05) is 12.1 Å². The van der Waals surface area contributed by atoms with Crippen LogP contribution in [0, 0.1) is 0 Å². The van der Waals surface area contributed by atoms with Crippen LogP contribution in [0.5, 0.6) is 5.75 Å². The van der Waals surface area contributed by atoms with E-state index in [0.717, 1.165) is 29.2 Å². The Kier molecular flexibility index (Phi) is 8.00. The summed E-state index contributed by atoms with van der Waals surface area (Å²) in [4.78, 5) is 0. The van der Waals surface area contributed by atoms with E-state index < -0.39 is 0 Å². The second-order valence-corrected chi connectivity index (χ2v) is 6.17. The van der Waals surface area contributed by atoms with E-state index in [1.165, 1.54) is 0 Å². The van der Waals surface area contributed by atoms with Crippen molar-refractivity contribution >= 4 is 17.6 Å². The highest BCUT2D eigenvalue weighted by atomic mass is 32.2. The van der Waals surface area contributed by atoms with Crippen LogP contribution in [0.3, 0.4) is 0 Å². The molecule has 118 valence electrons. The van der Waals surface area contributed by atoms with Crippen molar-refractivity contribution in [2.75, 3.05) is 18.6 Å². The second-order valence-electron chi connectivity index (χ2n) is 4.78. The van der Waals surface area contributed by atoms with Gasteiger partial charge < -0.3 is 21.0 Å². The Bertz CT molecular complexity index is 466. The first-order chi connectivity index (χ1) is 10.1. The van der Waals surface area contributed by atoms with Crippen LogP contribution < -0.4 is 15.8 Å². The summed E-state index contributed by atoms with van der Waals surface area (Å²) in [6, 6.07) is 5.93. The van der Waals surface area contributed by atoms with Gasteiger partial charge in [0.05, 0.1) is 7.11 Å². The molecule has 0 aliphatic heterocycles. The minimum Gasteiger partial charge on any atom is -0.496 e. The zero-order valence-electron chi connectivity index (χ0n) is 12.9. The standard InChI is InChI=1S/C15H25N3O2S/c1-4-21-8-7-11(2)17-10-13-9-12(15(16)18-19)5-6-14(13)20-3/h5-6,9,11,17,19H,4,7-8,10H2,1-3H3,(H2,16,18). The molecule has 21 heavy (non-hydrogen) atoms. The first-order valence-electron chi connectivity index (χ1n) is 7.08. The van der Waals surface area contributed by atoms with Gasteiger partial charge in [0, 0.05) is 23.7 Å². The van der Waals surface area contributed by atoms with E-state index in [-0.39, 0.29) is 5.84 Å². The molecule has 1 aromatic rings. The lowest BCUT2D eigenvalue weighted by atomic mass is 10.1. The number of hydrogen-bond donors (Lipinski definition) is 3. The molecule has 0 aliphatic rings. The number of thioether (sulfide) groups is 1. The molecule has 0 saturated carbocycles. The highest BCUT2D eigenvalue weighted by molar-refractivity contribution is 7.99. The number of methoxy groups -OCH3 is 1. The molecule has 5 nitrogen and oxygen atoms in total. The van der Waals surface area contributed by atoms with Crippen molar-refractivity contribution in [3.05, 3.63) is 29.3 Å². The average Bonchev–Trinajstić information content (AvgIpc) is 2.52. The summed E-state index contributed by atoms with van der Waals surface area (Å²) in [6.45, 7) is 5.04. The number of nitrogens with zero attached hydrogens (tertiary/aromatic N) is 1. The number of rotatable bonds is 9. The fourth-order valence-corrected chi connectivity index (χ4v) is 2.73. The van der Waals surface area contributed by atoms with E-state index in [1.807, 2.05) is 23.9 Å². The summed E-state index contributed by atoms with van der Waals surface area (Å²) in [6.07, 6.45) is 1.13. The lowest BCUT2D eigenvalue weighted by Crippen LogP contribution is -2.26. The van der Waals surface area contributed by atoms with Crippen molar-refractivity contribution in [3.8, 4) is 5.75 Å². The van der Waals surface area contributed by atoms with E-state index in [1.54, 1.807) is 13.2 Å². The summed E-state index contributed by atoms with van der Waals surface area (Å²) < 4.78 is 5.36. The quantitative estimate of drug-likeness (QED) is 0.214. The molecule has 0 fully saturated rings. The van der Waals surface area contributed by atoms with Gasteiger partial charge in [0.25, 0.3) is 0 Å². The molecule has 0 saturated heterocycles. The van der Waals surface area contributed by atoms with Crippen molar-refractivity contribution in [2.24, 2.45) is 10.9 Å². The smallest absolute Gasteiger partial charge is 0.170 e. The highest BCUT2D eigenvalue weighted by Crippen LogP contribution is 2.20. The molecule has 0 spiro atoms. The SMILES string of the molecule is CCSCCC(C)NCc1cc(/C(N)=N/O)ccc1OC. The molecule has 4 N–H and O–H groups in total. The van der Waals surface area contributed by atoms with Gasteiger partial charge in [0.2, 0.25) is 0 Å². The molecule has 0 radical (unpaired) electrons. The van der Waals surface area contributed by atoms with Gasteiger partial charge >= 0.3 is 0 Å². The molecule has 0 aliphatic carbocycles. The minimum absolute atomic E-state index is 0.103. The second kappa shape index (κ2) is 9.52. The van der Waals surface area contributed by atoms with Crippen LogP contribution in [0.4, 0.5) is 0 Å². The maximum atomic E-state index is 8.76. The molecule has 0 amide bonds. The predicted molar refractivity (Wildman–Crippen MR) is 89.4 cm³/mol. The van der Waals surface area contributed by atoms with Gasteiger partial charge in [-0.25, -0.2) is 0 Å². The van der Waals surface area contributed by atoms with Crippen LogP contribution in [-0.4, -0.2) is 35.7 Å². The number of nitrogens with two attached hydrogens (primary N) is 1. The number of amidine groups is 1. The number of oxime groups is 1. The Hall–Kier alpha value is -1.40. The lowest BCUT2D eigenvalue weighted by molar-refractivity contribution is 0.318. The van der Waals surface area contributed by atoms with Crippen molar-refractivity contribution < 1.29 is 9.94 Å². The Morgan fingerprint density at radius 3 is 2.90 bits per heavy atom. The first-order valence-corrected chi connectivity index (χ1v) is 8.23. The van der Waals surface area contributed by atoms with Crippen LogP contribution in [0.1, 0.15) is 31.4 Å². The summed E-state index contributed by atoms with van der Waals surface area (Å²) >= 11 is 1.95. The van der Waals surface area contributed by atoms with Gasteiger partial charge in [-0.3, -0.25) is 0 Å². The Balaban J connectivity index is 2.67. The average molecular weight is 311 g/mol. The third kappa shape index (κ3) is 5.85. The van der Waals surface area contributed by atoms with Crippen molar-refractivity contribution in [3.63, 3.8) is 0 Å². The fourth-order valence-electron chi connectivity index (χ4n) is 1.92. The predicted octanol–water partition coefficient (Wildman–Crippen LogP) is 2.41. The van der Waals surface area contributed by atoms with Crippen molar-refractivity contribution in [1.82, 2.24) is 5.32 Å². The molecule has 1 rings (SSSR count).